The Kier molecular flexibility index (Phi) is 268. The number of nitrogens with zero attached hydrogens (tertiary/aromatic N) is 1. The molecule has 2 nitrogen and oxygen atoms in total. The molecule has 1 atom stereocenters. The summed E-state index contributed by atoms with van der Waals surface area (Å²) >= 11 is 0. The van der Waals surface area contributed by atoms with Gasteiger partial charge in [-0.3, -0.25) is 28.2 Å². The summed E-state index contributed by atoms with van der Waals surface area (Å²) in [7, 11) is 0. The second-order valence-electron chi connectivity index (χ2n) is 0.761. The zero-order chi connectivity index (χ0) is 3.54. The maximum Gasteiger partial charge on any atom is 0.0919 e. The predicted octanol–water partition coefficient (Wildman–Crippen LogP) is 1.38. The largest absolute Gasteiger partial charge is 0.351 e. The van der Waals surface area contributed by atoms with Crippen LogP contribution in [0.3, 0.4) is 0 Å². The summed E-state index contributed by atoms with van der Waals surface area (Å²) in [6.07, 6.45) is 5.08. The lowest BCUT2D eigenvalue weighted by atomic mass is 11.0. The van der Waals surface area contributed by atoms with E-state index in [2.05, 4.69) is 9.97 Å². The first-order chi connectivity index (χ1) is 2.50. The van der Waals surface area contributed by atoms with E-state index in [1.807, 2.05) is 0 Å². The van der Waals surface area contributed by atoms with Crippen molar-refractivity contribution in [2.45, 2.75) is 0 Å². The average Bonchev–Trinajstić information content (AvgIpc) is 1.76. The first kappa shape index (κ1) is 65.8. The maximum absolute atomic E-state index is 3.67. The second-order valence-corrected chi connectivity index (χ2v) is 0.761. The van der Waals surface area contributed by atoms with Gasteiger partial charge in [0, 0.05) is 12.4 Å². The number of hydrogen-bond acceptors (Lipinski definition) is 1. The highest BCUT2D eigenvalue weighted by atomic mass is 31.0. The van der Waals surface area contributed by atoms with E-state index < -0.39 is 0 Å². The Morgan fingerprint density at radius 1 is 0.833 bits per heavy atom. The lowest BCUT2D eigenvalue weighted by molar-refractivity contribution is 1.11. The Morgan fingerprint density at radius 2 is 1.25 bits per heavy atom. The smallest absolute Gasteiger partial charge is 0.0919 e. The molecule has 0 aliphatic heterocycles. The molecule has 1 heterocycles. The predicted molar refractivity (Wildman–Crippen MR) is 44.7 cm³/mol. The molecule has 1 unspecified atom stereocenters. The first-order valence-electron chi connectivity index (χ1n) is 1.43. The van der Waals surface area contributed by atoms with Crippen LogP contribution in [-0.2, 0) is 0 Å². The van der Waals surface area contributed by atoms with E-state index in [0.717, 1.165) is 0 Å². The third-order valence-electron chi connectivity index (χ3n) is 0.406. The minimum absolute atomic E-state index is 0. The Labute approximate surface area is 68.0 Å². The number of hydrogen-bond donors (Lipinski definition) is 1. The van der Waals surface area contributed by atoms with Crippen molar-refractivity contribution in [1.29, 1.82) is 0 Å². The molecule has 0 fully saturated rings. The molecule has 0 bridgehead atoms. The van der Waals surface area contributed by atoms with Crippen molar-refractivity contribution in [2.75, 3.05) is 0 Å². The third-order valence-corrected chi connectivity index (χ3v) is 0.406. The van der Waals surface area contributed by atoms with Crippen molar-refractivity contribution in [3.8, 4) is 0 Å². The Balaban J connectivity index is -0.00000000714. The number of nitrogens with one attached hydrogen (secondary N) is 1. The Hall–Kier alpha value is -0.780. The Bertz CT molecular complexity index is 77.3. The van der Waals surface area contributed by atoms with Crippen LogP contribution in [0.4, 0.5) is 28.2 Å². The van der Waals surface area contributed by atoms with Gasteiger partial charge < -0.3 is 4.98 Å². The molecule has 0 spiro atoms. The zero-order valence-electron chi connectivity index (χ0n) is 5.84. The number of halogens is 6. The molecule has 0 aliphatic rings. The SMILES string of the molecule is F.F.F.F.F.F.P.c1c[nH]cn1. The third kappa shape index (κ3) is 35.0. The fourth-order valence-corrected chi connectivity index (χ4v) is 0.215. The van der Waals surface area contributed by atoms with Gasteiger partial charge in [0.25, 0.3) is 0 Å². The highest BCUT2D eigenvalue weighted by Gasteiger charge is 1.56. The van der Waals surface area contributed by atoms with Crippen LogP contribution >= 0.6 is 9.90 Å². The molecule has 12 heavy (non-hydrogen) atoms. The van der Waals surface area contributed by atoms with Crippen molar-refractivity contribution < 1.29 is 28.2 Å². The standard InChI is InChI=1S/C3H4N2.6FH.H3P/c1-2-5-3-4-1;;;;;;;/h1-3H,(H,4,5);6*1H;1H3. The summed E-state index contributed by atoms with van der Waals surface area (Å²) in [5.41, 5.74) is 0. The van der Waals surface area contributed by atoms with E-state index >= 15 is 0 Å². The summed E-state index contributed by atoms with van der Waals surface area (Å²) < 4.78 is 0. The number of rotatable bonds is 0. The number of H-pyrrole nitrogens is 1. The molecular formula is C3H13F6N2P. The van der Waals surface area contributed by atoms with Crippen LogP contribution in [-0.4, -0.2) is 9.97 Å². The average molecular weight is 222 g/mol. The lowest BCUT2D eigenvalue weighted by Crippen LogP contribution is -1.44. The molecule has 1 N–H and O–H groups in total. The lowest BCUT2D eigenvalue weighted by Gasteiger charge is -1.46. The number of aromatic amines is 1. The second kappa shape index (κ2) is 48.8. The summed E-state index contributed by atoms with van der Waals surface area (Å²) in [6, 6.07) is 0. The fourth-order valence-electron chi connectivity index (χ4n) is 0.215. The van der Waals surface area contributed by atoms with Crippen molar-refractivity contribution in [1.82, 2.24) is 9.97 Å². The zero-order valence-corrected chi connectivity index (χ0v) is 7.25. The molecule has 9 heteroatoms. The normalized spacial score (nSPS) is 3.33. The van der Waals surface area contributed by atoms with Crippen LogP contribution < -0.4 is 0 Å². The summed E-state index contributed by atoms with van der Waals surface area (Å²) in [5.74, 6) is 0. The highest BCUT2D eigenvalue weighted by molar-refractivity contribution is 6.92. The highest BCUT2D eigenvalue weighted by Crippen LogP contribution is 1.62. The van der Waals surface area contributed by atoms with E-state index in [1.54, 1.807) is 18.7 Å². The van der Waals surface area contributed by atoms with Gasteiger partial charge in [-0.05, 0) is 0 Å². The van der Waals surface area contributed by atoms with E-state index in [1.165, 1.54) is 0 Å². The molecule has 0 aliphatic carbocycles. The topological polar surface area (TPSA) is 28.7 Å². The van der Waals surface area contributed by atoms with Crippen molar-refractivity contribution in [3.05, 3.63) is 18.7 Å². The summed E-state index contributed by atoms with van der Waals surface area (Å²) in [4.78, 5) is 6.42. The van der Waals surface area contributed by atoms with Crippen LogP contribution in [0.1, 0.15) is 0 Å². The van der Waals surface area contributed by atoms with Gasteiger partial charge in [0.2, 0.25) is 0 Å². The van der Waals surface area contributed by atoms with E-state index in [0.29, 0.717) is 0 Å². The quantitative estimate of drug-likeness (QED) is 0.521. The van der Waals surface area contributed by atoms with Gasteiger partial charge in [-0.15, -0.1) is 0 Å². The molecule has 1 rings (SSSR count). The minimum Gasteiger partial charge on any atom is -0.351 e. The Morgan fingerprint density at radius 3 is 1.33 bits per heavy atom. The van der Waals surface area contributed by atoms with Crippen molar-refractivity contribution >= 4 is 9.90 Å². The van der Waals surface area contributed by atoms with Crippen molar-refractivity contribution in [3.63, 3.8) is 0 Å². The molecule has 0 amide bonds. The molecule has 0 aromatic carbocycles. The van der Waals surface area contributed by atoms with Crippen LogP contribution in [0.15, 0.2) is 18.7 Å². The van der Waals surface area contributed by atoms with Gasteiger partial charge in [0.1, 0.15) is 0 Å². The monoisotopic (exact) mass is 222 g/mol. The number of imidazole rings is 1. The van der Waals surface area contributed by atoms with Crippen LogP contribution in [0.5, 0.6) is 0 Å². The van der Waals surface area contributed by atoms with Gasteiger partial charge in [0.15, 0.2) is 0 Å². The molecule has 1 aromatic heterocycles. The van der Waals surface area contributed by atoms with Gasteiger partial charge >= 0.3 is 0 Å². The van der Waals surface area contributed by atoms with Gasteiger partial charge in [0.05, 0.1) is 6.33 Å². The molecule has 0 saturated heterocycles. The minimum atomic E-state index is 0. The molecule has 82 valence electrons. The van der Waals surface area contributed by atoms with Crippen molar-refractivity contribution in [2.24, 2.45) is 0 Å². The summed E-state index contributed by atoms with van der Waals surface area (Å²) in [5, 5.41) is 0. The van der Waals surface area contributed by atoms with E-state index in [-0.39, 0.29) is 38.1 Å². The van der Waals surface area contributed by atoms with Crippen LogP contribution in [0.2, 0.25) is 0 Å². The molecule has 0 saturated carbocycles. The molecule has 1 aromatic rings. The fraction of sp³-hybridized carbons (Fsp3) is 0. The summed E-state index contributed by atoms with van der Waals surface area (Å²) in [6.45, 7) is 0. The molecule has 0 radical (unpaired) electrons. The van der Waals surface area contributed by atoms with E-state index in [9.17, 15) is 0 Å². The van der Waals surface area contributed by atoms with Crippen LogP contribution in [0.25, 0.3) is 0 Å². The van der Waals surface area contributed by atoms with E-state index in [4.69, 9.17) is 0 Å². The maximum atomic E-state index is 3.67. The van der Waals surface area contributed by atoms with Gasteiger partial charge in [-0.2, -0.15) is 9.90 Å². The van der Waals surface area contributed by atoms with Crippen LogP contribution in [0, 0.1) is 0 Å². The molecular weight excluding hydrogens is 209 g/mol. The number of aromatic nitrogens is 2. The first-order valence-corrected chi connectivity index (χ1v) is 1.43. The van der Waals surface area contributed by atoms with Gasteiger partial charge in [-0.1, -0.05) is 0 Å². The van der Waals surface area contributed by atoms with Gasteiger partial charge in [-0.25, -0.2) is 4.98 Å².